The Morgan fingerprint density at radius 1 is 1.16 bits per heavy atom. The number of rotatable bonds is 4. The zero-order valence-corrected chi connectivity index (χ0v) is 17.6. The number of benzene rings is 1. The van der Waals surface area contributed by atoms with Crippen LogP contribution in [0.25, 0.3) is 11.3 Å². The highest BCUT2D eigenvalue weighted by Crippen LogP contribution is 2.38. The van der Waals surface area contributed by atoms with Crippen molar-refractivity contribution in [2.75, 3.05) is 5.32 Å². The monoisotopic (exact) mass is 438 g/mol. The van der Waals surface area contributed by atoms with Crippen molar-refractivity contribution in [3.8, 4) is 17.0 Å². The van der Waals surface area contributed by atoms with Crippen LogP contribution in [0.2, 0.25) is 0 Å². The van der Waals surface area contributed by atoms with Gasteiger partial charge in [0.25, 0.3) is 5.91 Å². The van der Waals surface area contributed by atoms with E-state index in [0.29, 0.717) is 11.6 Å². The van der Waals surface area contributed by atoms with Gasteiger partial charge in [-0.2, -0.15) is 0 Å². The van der Waals surface area contributed by atoms with Gasteiger partial charge in [-0.15, -0.1) is 0 Å². The minimum absolute atomic E-state index is 0.00195. The number of nitrogens with zero attached hydrogens (tertiary/aromatic N) is 2. The van der Waals surface area contributed by atoms with Crippen LogP contribution in [0.1, 0.15) is 48.2 Å². The van der Waals surface area contributed by atoms with Gasteiger partial charge in [0.05, 0.1) is 23.1 Å². The molecule has 1 fully saturated rings. The maximum absolute atomic E-state index is 14.2. The molecule has 32 heavy (non-hydrogen) atoms. The molecular weight excluding hydrogens is 414 g/mol. The lowest BCUT2D eigenvalue weighted by molar-refractivity contribution is 0.102. The number of phenolic OH excluding ortho intramolecular Hbond substituents is 1. The van der Waals surface area contributed by atoms with Crippen LogP contribution in [0.3, 0.4) is 0 Å². The maximum atomic E-state index is 14.2. The summed E-state index contributed by atoms with van der Waals surface area (Å²) in [6.45, 7) is 2.17. The SMILES string of the molecule is C[C@@H]1C[C@@H](N)C[C@H](c2ccncc2NC(=O)c2cccc(-c3c(F)cc(O)cc3F)n2)C1. The van der Waals surface area contributed by atoms with Gasteiger partial charge >= 0.3 is 0 Å². The zero-order chi connectivity index (χ0) is 22.8. The fourth-order valence-electron chi connectivity index (χ4n) is 4.47. The molecule has 166 valence electrons. The number of pyridine rings is 2. The summed E-state index contributed by atoms with van der Waals surface area (Å²) in [5.74, 6) is -2.30. The van der Waals surface area contributed by atoms with Crippen LogP contribution in [0, 0.1) is 17.6 Å². The summed E-state index contributed by atoms with van der Waals surface area (Å²) >= 11 is 0. The molecule has 0 unspecified atom stereocenters. The zero-order valence-electron chi connectivity index (χ0n) is 17.6. The van der Waals surface area contributed by atoms with E-state index in [1.165, 1.54) is 18.2 Å². The third-order valence-corrected chi connectivity index (χ3v) is 5.79. The van der Waals surface area contributed by atoms with Crippen LogP contribution < -0.4 is 11.1 Å². The molecule has 0 bridgehead atoms. The second-order valence-electron chi connectivity index (χ2n) is 8.38. The first kappa shape index (κ1) is 21.8. The fourth-order valence-corrected chi connectivity index (χ4v) is 4.47. The Kier molecular flexibility index (Phi) is 6.14. The number of aromatic nitrogens is 2. The van der Waals surface area contributed by atoms with E-state index >= 15 is 0 Å². The normalized spacial score (nSPS) is 20.7. The van der Waals surface area contributed by atoms with E-state index < -0.39 is 28.9 Å². The Morgan fingerprint density at radius 2 is 1.91 bits per heavy atom. The van der Waals surface area contributed by atoms with E-state index in [2.05, 4.69) is 22.2 Å². The predicted octanol–water partition coefficient (Wildman–Crippen LogP) is 4.61. The van der Waals surface area contributed by atoms with Crippen molar-refractivity contribution >= 4 is 11.6 Å². The van der Waals surface area contributed by atoms with Crippen molar-refractivity contribution in [2.24, 2.45) is 11.7 Å². The number of aromatic hydroxyl groups is 1. The number of halogens is 2. The average Bonchev–Trinajstić information content (AvgIpc) is 2.73. The number of carbonyl (C=O) groups is 1. The molecule has 6 nitrogen and oxygen atoms in total. The van der Waals surface area contributed by atoms with E-state index in [1.807, 2.05) is 6.07 Å². The topological polar surface area (TPSA) is 101 Å². The molecule has 0 radical (unpaired) electrons. The van der Waals surface area contributed by atoms with Crippen LogP contribution in [0.4, 0.5) is 14.5 Å². The van der Waals surface area contributed by atoms with Crippen LogP contribution in [0.5, 0.6) is 5.75 Å². The van der Waals surface area contributed by atoms with E-state index in [0.717, 1.165) is 37.0 Å². The minimum atomic E-state index is -0.968. The summed E-state index contributed by atoms with van der Waals surface area (Å²) in [5, 5.41) is 12.2. The number of anilines is 1. The van der Waals surface area contributed by atoms with Gasteiger partial charge in [0.1, 0.15) is 23.1 Å². The quantitative estimate of drug-likeness (QED) is 0.552. The highest BCUT2D eigenvalue weighted by Gasteiger charge is 2.27. The van der Waals surface area contributed by atoms with Crippen LogP contribution in [0.15, 0.2) is 48.8 Å². The molecule has 1 saturated carbocycles. The lowest BCUT2D eigenvalue weighted by Gasteiger charge is -2.32. The first-order valence-corrected chi connectivity index (χ1v) is 10.5. The second kappa shape index (κ2) is 9.00. The Balaban J connectivity index is 1.61. The molecule has 2 aromatic heterocycles. The Hall–Kier alpha value is -3.39. The van der Waals surface area contributed by atoms with Crippen LogP contribution in [-0.4, -0.2) is 27.0 Å². The first-order valence-electron chi connectivity index (χ1n) is 10.5. The lowest BCUT2D eigenvalue weighted by atomic mass is 9.76. The molecule has 1 aliphatic carbocycles. The van der Waals surface area contributed by atoms with Gasteiger partial charge in [-0.05, 0) is 54.9 Å². The van der Waals surface area contributed by atoms with E-state index in [1.54, 1.807) is 12.4 Å². The van der Waals surface area contributed by atoms with Crippen molar-refractivity contribution in [3.63, 3.8) is 0 Å². The summed E-state index contributed by atoms with van der Waals surface area (Å²) in [6, 6.07) is 7.94. The maximum Gasteiger partial charge on any atom is 0.274 e. The van der Waals surface area contributed by atoms with Crippen molar-refractivity contribution in [3.05, 3.63) is 71.7 Å². The third-order valence-electron chi connectivity index (χ3n) is 5.79. The molecule has 8 heteroatoms. The van der Waals surface area contributed by atoms with Crippen molar-refractivity contribution < 1.29 is 18.7 Å². The molecular formula is C24H24F2N4O2. The van der Waals surface area contributed by atoms with Gasteiger partial charge in [-0.25, -0.2) is 13.8 Å². The molecule has 0 spiro atoms. The fraction of sp³-hybridized carbons (Fsp3) is 0.292. The molecule has 3 atom stereocenters. The number of amides is 1. The van der Waals surface area contributed by atoms with Gasteiger partial charge in [-0.1, -0.05) is 13.0 Å². The lowest BCUT2D eigenvalue weighted by Crippen LogP contribution is -2.31. The number of nitrogens with one attached hydrogen (secondary N) is 1. The van der Waals surface area contributed by atoms with E-state index in [-0.39, 0.29) is 23.3 Å². The molecule has 3 aromatic rings. The van der Waals surface area contributed by atoms with Gasteiger partial charge in [0.15, 0.2) is 0 Å². The molecule has 2 heterocycles. The highest BCUT2D eigenvalue weighted by molar-refractivity contribution is 6.03. The summed E-state index contributed by atoms with van der Waals surface area (Å²) < 4.78 is 28.5. The van der Waals surface area contributed by atoms with Gasteiger partial charge < -0.3 is 16.2 Å². The highest BCUT2D eigenvalue weighted by atomic mass is 19.1. The number of nitrogens with two attached hydrogens (primary N) is 1. The van der Waals surface area contributed by atoms with Crippen molar-refractivity contribution in [1.29, 1.82) is 0 Å². The summed E-state index contributed by atoms with van der Waals surface area (Å²) in [5.41, 5.74) is 7.27. The smallest absolute Gasteiger partial charge is 0.274 e. The largest absolute Gasteiger partial charge is 0.508 e. The van der Waals surface area contributed by atoms with E-state index in [9.17, 15) is 18.7 Å². The number of phenols is 1. The minimum Gasteiger partial charge on any atom is -0.508 e. The number of carbonyl (C=O) groups excluding carboxylic acids is 1. The number of hydrogen-bond donors (Lipinski definition) is 3. The second-order valence-corrected chi connectivity index (χ2v) is 8.38. The Morgan fingerprint density at radius 3 is 2.62 bits per heavy atom. The predicted molar refractivity (Wildman–Crippen MR) is 117 cm³/mol. The Bertz CT molecular complexity index is 1120. The van der Waals surface area contributed by atoms with Crippen molar-refractivity contribution in [1.82, 2.24) is 9.97 Å². The summed E-state index contributed by atoms with van der Waals surface area (Å²) in [4.78, 5) is 21.2. The molecule has 0 saturated heterocycles. The average molecular weight is 438 g/mol. The van der Waals surface area contributed by atoms with Crippen LogP contribution >= 0.6 is 0 Å². The summed E-state index contributed by atoms with van der Waals surface area (Å²) in [6.07, 6.45) is 6.04. The van der Waals surface area contributed by atoms with Gasteiger partial charge in [-0.3, -0.25) is 9.78 Å². The van der Waals surface area contributed by atoms with E-state index in [4.69, 9.17) is 5.73 Å². The molecule has 4 rings (SSSR count). The molecule has 4 N–H and O–H groups in total. The summed E-state index contributed by atoms with van der Waals surface area (Å²) in [7, 11) is 0. The Labute approximate surface area is 184 Å². The molecule has 0 aliphatic heterocycles. The molecule has 1 amide bonds. The number of hydrogen-bond acceptors (Lipinski definition) is 5. The standard InChI is InChI=1S/C24H24F2N4O2/c1-13-7-14(9-15(27)8-13)17-5-6-28-12-22(17)30-24(32)21-4-2-3-20(29-21)23-18(25)10-16(31)11-19(23)26/h2-6,10-15,31H,7-9,27H2,1H3,(H,30,32)/t13-,14+,15+/m0/s1. The van der Waals surface area contributed by atoms with Gasteiger partial charge in [0.2, 0.25) is 0 Å². The molecule has 1 aliphatic rings. The van der Waals surface area contributed by atoms with Crippen LogP contribution in [-0.2, 0) is 0 Å². The van der Waals surface area contributed by atoms with Crippen molar-refractivity contribution in [2.45, 2.75) is 38.1 Å². The first-order chi connectivity index (χ1) is 15.3. The molecule has 1 aromatic carbocycles. The third kappa shape index (κ3) is 4.60. The van der Waals surface area contributed by atoms with Gasteiger partial charge in [0, 0.05) is 24.4 Å².